The van der Waals surface area contributed by atoms with Gasteiger partial charge in [-0.05, 0) is 16.8 Å². The van der Waals surface area contributed by atoms with Crippen molar-refractivity contribution in [1.29, 1.82) is 0 Å². The van der Waals surface area contributed by atoms with Crippen LogP contribution in [-0.2, 0) is 0 Å². The number of halogens is 1. The number of nitrogens with zero attached hydrogens (tertiary/aromatic N) is 1. The molecule has 4 nitrogen and oxygen atoms in total. The van der Waals surface area contributed by atoms with E-state index < -0.39 is 0 Å². The summed E-state index contributed by atoms with van der Waals surface area (Å²) in [6.07, 6.45) is 0. The van der Waals surface area contributed by atoms with Crippen LogP contribution in [0.5, 0.6) is 5.75 Å². The fraction of sp³-hybridized carbons (Fsp3) is 0.474. The van der Waals surface area contributed by atoms with Crippen molar-refractivity contribution in [2.45, 2.75) is 19.9 Å². The van der Waals surface area contributed by atoms with Gasteiger partial charge in [0.1, 0.15) is 5.75 Å². The number of rotatable bonds is 4. The van der Waals surface area contributed by atoms with Crippen LogP contribution in [-0.4, -0.2) is 47.9 Å². The van der Waals surface area contributed by atoms with Crippen LogP contribution < -0.4 is 5.32 Å². The minimum Gasteiger partial charge on any atom is -0.508 e. The number of aromatic hydroxyl groups is 1. The highest BCUT2D eigenvalue weighted by Crippen LogP contribution is 2.44. The van der Waals surface area contributed by atoms with Crippen LogP contribution in [0.4, 0.5) is 0 Å². The first kappa shape index (κ1) is 19.0. The van der Waals surface area contributed by atoms with Gasteiger partial charge in [-0.25, -0.2) is 0 Å². The zero-order valence-electron chi connectivity index (χ0n) is 14.3. The standard InChI is InChI=1S/C19H26N2O2.ClH/c1-19(2,13-22)18(21-11-9-20-10-12-21)17-15-6-4-3-5-14(15)7-8-16(17)23;/h3-8,18,20,22-23H,9-13H2,1-2H3;1H/t18-;/m1./s1. The van der Waals surface area contributed by atoms with E-state index in [4.69, 9.17) is 0 Å². The molecule has 1 atom stereocenters. The number of hydrogen-bond donors (Lipinski definition) is 3. The van der Waals surface area contributed by atoms with Gasteiger partial charge in [0.25, 0.3) is 0 Å². The van der Waals surface area contributed by atoms with Crippen molar-refractivity contribution in [3.63, 3.8) is 0 Å². The van der Waals surface area contributed by atoms with E-state index in [1.54, 1.807) is 6.07 Å². The molecule has 24 heavy (non-hydrogen) atoms. The van der Waals surface area contributed by atoms with Gasteiger partial charge in [0, 0.05) is 49.8 Å². The van der Waals surface area contributed by atoms with Gasteiger partial charge in [-0.1, -0.05) is 44.2 Å². The summed E-state index contributed by atoms with van der Waals surface area (Å²) in [5.74, 6) is 0.314. The second-order valence-electron chi connectivity index (χ2n) is 7.05. The van der Waals surface area contributed by atoms with Gasteiger partial charge in [-0.3, -0.25) is 4.90 Å². The van der Waals surface area contributed by atoms with Crippen molar-refractivity contribution < 1.29 is 10.2 Å². The van der Waals surface area contributed by atoms with Gasteiger partial charge >= 0.3 is 0 Å². The van der Waals surface area contributed by atoms with Crippen molar-refractivity contribution in [3.8, 4) is 5.75 Å². The highest BCUT2D eigenvalue weighted by molar-refractivity contribution is 5.88. The van der Waals surface area contributed by atoms with Gasteiger partial charge < -0.3 is 15.5 Å². The summed E-state index contributed by atoms with van der Waals surface area (Å²) >= 11 is 0. The normalized spacial score (nSPS) is 17.5. The number of aliphatic hydroxyl groups is 1. The molecule has 1 aliphatic rings. The molecular weight excluding hydrogens is 324 g/mol. The third-order valence-electron chi connectivity index (χ3n) is 4.89. The Labute approximate surface area is 149 Å². The van der Waals surface area contributed by atoms with E-state index in [9.17, 15) is 10.2 Å². The number of fused-ring (bicyclic) bond motifs is 1. The van der Waals surface area contributed by atoms with E-state index in [-0.39, 0.29) is 30.5 Å². The van der Waals surface area contributed by atoms with Gasteiger partial charge in [-0.15, -0.1) is 12.4 Å². The molecule has 1 saturated heterocycles. The lowest BCUT2D eigenvalue weighted by Gasteiger charge is -2.44. The van der Waals surface area contributed by atoms with E-state index in [1.807, 2.05) is 18.2 Å². The molecular formula is C19H27ClN2O2. The van der Waals surface area contributed by atoms with E-state index in [0.29, 0.717) is 5.75 Å². The molecule has 0 unspecified atom stereocenters. The lowest BCUT2D eigenvalue weighted by molar-refractivity contribution is 0.0301. The first-order chi connectivity index (χ1) is 11.0. The van der Waals surface area contributed by atoms with Gasteiger partial charge in [-0.2, -0.15) is 0 Å². The van der Waals surface area contributed by atoms with Crippen LogP contribution in [0.15, 0.2) is 36.4 Å². The first-order valence-corrected chi connectivity index (χ1v) is 8.31. The summed E-state index contributed by atoms with van der Waals surface area (Å²) in [5, 5.41) is 26.2. The van der Waals surface area contributed by atoms with Crippen LogP contribution in [0.1, 0.15) is 25.5 Å². The molecule has 5 heteroatoms. The molecule has 0 saturated carbocycles. The SMILES string of the molecule is CC(C)(CO)[C@@H](c1c(O)ccc2ccccc12)N1CCNCC1.Cl. The average molecular weight is 351 g/mol. The van der Waals surface area contributed by atoms with Crippen LogP contribution in [0, 0.1) is 5.41 Å². The summed E-state index contributed by atoms with van der Waals surface area (Å²) in [6, 6.07) is 11.9. The summed E-state index contributed by atoms with van der Waals surface area (Å²) in [5.41, 5.74) is 0.586. The Morgan fingerprint density at radius 1 is 1.12 bits per heavy atom. The minimum atomic E-state index is -0.348. The molecule has 1 heterocycles. The molecule has 0 spiro atoms. The first-order valence-electron chi connectivity index (χ1n) is 8.31. The number of piperazine rings is 1. The lowest BCUT2D eigenvalue weighted by Crippen LogP contribution is -2.49. The molecule has 3 rings (SSSR count). The van der Waals surface area contributed by atoms with Crippen LogP contribution in [0.25, 0.3) is 10.8 Å². The van der Waals surface area contributed by atoms with Crippen LogP contribution >= 0.6 is 12.4 Å². The molecule has 1 aliphatic heterocycles. The van der Waals surface area contributed by atoms with Crippen molar-refractivity contribution in [2.75, 3.05) is 32.8 Å². The van der Waals surface area contributed by atoms with Crippen molar-refractivity contribution >= 4 is 23.2 Å². The van der Waals surface area contributed by atoms with Crippen molar-refractivity contribution in [2.24, 2.45) is 5.41 Å². The summed E-state index contributed by atoms with van der Waals surface area (Å²) in [4.78, 5) is 2.38. The fourth-order valence-corrected chi connectivity index (χ4v) is 3.67. The highest BCUT2D eigenvalue weighted by atomic mass is 35.5. The van der Waals surface area contributed by atoms with Gasteiger partial charge in [0.2, 0.25) is 0 Å². The number of benzene rings is 2. The maximum atomic E-state index is 10.6. The molecule has 2 aromatic carbocycles. The van der Waals surface area contributed by atoms with Gasteiger partial charge in [0.05, 0.1) is 0 Å². The summed E-state index contributed by atoms with van der Waals surface area (Å²) < 4.78 is 0. The molecule has 1 fully saturated rings. The molecule has 0 bridgehead atoms. The lowest BCUT2D eigenvalue weighted by atomic mass is 9.78. The quantitative estimate of drug-likeness (QED) is 0.793. The number of aliphatic hydroxyl groups excluding tert-OH is 1. The zero-order chi connectivity index (χ0) is 16.4. The Morgan fingerprint density at radius 3 is 2.46 bits per heavy atom. The molecule has 2 aromatic rings. The van der Waals surface area contributed by atoms with Crippen LogP contribution in [0.3, 0.4) is 0 Å². The van der Waals surface area contributed by atoms with Crippen molar-refractivity contribution in [1.82, 2.24) is 10.2 Å². The van der Waals surface area contributed by atoms with E-state index in [1.165, 1.54) is 0 Å². The van der Waals surface area contributed by atoms with Gasteiger partial charge in [0.15, 0.2) is 0 Å². The summed E-state index contributed by atoms with van der Waals surface area (Å²) in [6.45, 7) is 7.91. The predicted octanol–water partition coefficient (Wildman–Crippen LogP) is 2.93. The summed E-state index contributed by atoms with van der Waals surface area (Å²) in [7, 11) is 0. The smallest absolute Gasteiger partial charge is 0.121 e. The number of phenolic OH excluding ortho intramolecular Hbond substituents is 1. The average Bonchev–Trinajstić information content (AvgIpc) is 2.58. The van der Waals surface area contributed by atoms with E-state index in [2.05, 4.69) is 36.2 Å². The molecule has 0 aromatic heterocycles. The third-order valence-corrected chi connectivity index (χ3v) is 4.89. The molecule has 0 radical (unpaired) electrons. The second kappa shape index (κ2) is 7.70. The minimum absolute atomic E-state index is 0. The third kappa shape index (κ3) is 3.52. The maximum Gasteiger partial charge on any atom is 0.121 e. The topological polar surface area (TPSA) is 55.7 Å². The number of hydrogen-bond acceptors (Lipinski definition) is 4. The van der Waals surface area contributed by atoms with Crippen LogP contribution in [0.2, 0.25) is 0 Å². The monoisotopic (exact) mass is 350 g/mol. The Morgan fingerprint density at radius 2 is 1.79 bits per heavy atom. The van der Waals surface area contributed by atoms with Crippen molar-refractivity contribution in [3.05, 3.63) is 42.0 Å². The number of nitrogens with one attached hydrogen (secondary N) is 1. The Kier molecular flexibility index (Phi) is 6.10. The Hall–Kier alpha value is -1.33. The molecule has 132 valence electrons. The number of phenols is 1. The van der Waals surface area contributed by atoms with E-state index in [0.717, 1.165) is 42.5 Å². The predicted molar refractivity (Wildman–Crippen MR) is 101 cm³/mol. The zero-order valence-corrected chi connectivity index (χ0v) is 15.1. The van der Waals surface area contributed by atoms with E-state index >= 15 is 0 Å². The molecule has 0 amide bonds. The highest BCUT2D eigenvalue weighted by Gasteiger charge is 2.38. The molecule has 3 N–H and O–H groups in total. The fourth-order valence-electron chi connectivity index (χ4n) is 3.67. The maximum absolute atomic E-state index is 10.6. The largest absolute Gasteiger partial charge is 0.508 e. The Balaban J connectivity index is 0.00000208. The molecule has 0 aliphatic carbocycles. The Bertz CT molecular complexity index is 684. The second-order valence-corrected chi connectivity index (χ2v) is 7.05.